The van der Waals surface area contributed by atoms with Crippen molar-refractivity contribution in [2.45, 2.75) is 19.0 Å². The van der Waals surface area contributed by atoms with Crippen LogP contribution in [0.1, 0.15) is 22.5 Å². The average molecular weight is 471 g/mol. The van der Waals surface area contributed by atoms with Crippen LogP contribution < -0.4 is 10.6 Å². The number of carbonyl (C=O) groups excluding carboxylic acids is 1. The number of carbonyl (C=O) groups is 1. The zero-order valence-electron chi connectivity index (χ0n) is 18.6. The standard InChI is InChI=1S/C28H26NO4P/c30-28(32-21-23-13-5-1-6-14-23)29-27(25-17-9-3-10-18-25)34(31,26-19-11-4-12-20-26)33-22-24-15-7-2-8-16-24/h1-20,27H,21-22H2,(H,29,30). The van der Waals surface area contributed by atoms with Gasteiger partial charge in [-0.05, 0) is 28.8 Å². The van der Waals surface area contributed by atoms with E-state index in [9.17, 15) is 9.36 Å². The molecule has 0 saturated carbocycles. The molecule has 4 rings (SSSR count). The predicted octanol–water partition coefficient (Wildman–Crippen LogP) is 6.43. The number of hydrogen-bond donors (Lipinski definition) is 1. The minimum Gasteiger partial charge on any atom is -0.445 e. The molecule has 0 bridgehead atoms. The molecule has 2 unspecified atom stereocenters. The van der Waals surface area contributed by atoms with E-state index in [0.29, 0.717) is 10.9 Å². The molecule has 1 N–H and O–H groups in total. The van der Waals surface area contributed by atoms with Gasteiger partial charge in [0.15, 0.2) is 0 Å². The van der Waals surface area contributed by atoms with E-state index in [0.717, 1.165) is 11.1 Å². The molecular formula is C28H26NO4P. The molecule has 0 fully saturated rings. The number of nitrogens with one attached hydrogen (secondary N) is 1. The van der Waals surface area contributed by atoms with Crippen molar-refractivity contribution in [2.24, 2.45) is 0 Å². The Balaban J connectivity index is 1.64. The van der Waals surface area contributed by atoms with Crippen LogP contribution in [0.4, 0.5) is 4.79 Å². The zero-order chi connectivity index (χ0) is 23.6. The van der Waals surface area contributed by atoms with E-state index in [-0.39, 0.29) is 13.2 Å². The molecule has 0 saturated heterocycles. The fourth-order valence-corrected chi connectivity index (χ4v) is 5.92. The second kappa shape index (κ2) is 11.5. The molecule has 2 atom stereocenters. The van der Waals surface area contributed by atoms with Crippen LogP contribution in [0.5, 0.6) is 0 Å². The molecule has 4 aromatic carbocycles. The number of ether oxygens (including phenoxy) is 1. The fourth-order valence-electron chi connectivity index (χ4n) is 3.55. The van der Waals surface area contributed by atoms with Gasteiger partial charge in [0.2, 0.25) is 0 Å². The summed E-state index contributed by atoms with van der Waals surface area (Å²) in [7, 11) is -3.63. The summed E-state index contributed by atoms with van der Waals surface area (Å²) in [6.07, 6.45) is -0.669. The Bertz CT molecular complexity index is 1220. The third-order valence-corrected chi connectivity index (χ3v) is 7.94. The Kier molecular flexibility index (Phi) is 7.92. The summed E-state index contributed by atoms with van der Waals surface area (Å²) in [5, 5.41) is 3.35. The third kappa shape index (κ3) is 6.02. The second-order valence-electron chi connectivity index (χ2n) is 7.71. The van der Waals surface area contributed by atoms with Crippen molar-refractivity contribution in [1.29, 1.82) is 0 Å². The Morgan fingerprint density at radius 2 is 1.15 bits per heavy atom. The highest BCUT2D eigenvalue weighted by atomic mass is 31.2. The van der Waals surface area contributed by atoms with Crippen molar-refractivity contribution in [2.75, 3.05) is 0 Å². The van der Waals surface area contributed by atoms with Crippen molar-refractivity contribution in [1.82, 2.24) is 5.32 Å². The summed E-state index contributed by atoms with van der Waals surface area (Å²) in [4.78, 5) is 12.8. The Hall–Kier alpha value is -3.66. The van der Waals surface area contributed by atoms with Gasteiger partial charge in [-0.15, -0.1) is 0 Å². The van der Waals surface area contributed by atoms with Gasteiger partial charge in [0, 0.05) is 5.30 Å². The first kappa shape index (κ1) is 23.5. The van der Waals surface area contributed by atoms with Crippen molar-refractivity contribution < 1.29 is 18.6 Å². The maximum Gasteiger partial charge on any atom is 0.408 e. The largest absolute Gasteiger partial charge is 0.445 e. The van der Waals surface area contributed by atoms with Crippen LogP contribution in [0.2, 0.25) is 0 Å². The van der Waals surface area contributed by atoms with Gasteiger partial charge in [-0.1, -0.05) is 109 Å². The van der Waals surface area contributed by atoms with Gasteiger partial charge in [-0.2, -0.15) is 0 Å². The summed E-state index contributed by atoms with van der Waals surface area (Å²) in [6, 6.07) is 37.1. The molecule has 0 aliphatic heterocycles. The van der Waals surface area contributed by atoms with Crippen LogP contribution in [-0.2, 0) is 27.0 Å². The van der Waals surface area contributed by atoms with Crippen LogP contribution in [0, 0.1) is 0 Å². The van der Waals surface area contributed by atoms with Gasteiger partial charge in [0.25, 0.3) is 7.37 Å². The zero-order valence-corrected chi connectivity index (χ0v) is 19.5. The van der Waals surface area contributed by atoms with Gasteiger partial charge in [-0.3, -0.25) is 4.57 Å². The maximum absolute atomic E-state index is 14.6. The molecule has 172 valence electrons. The Labute approximate surface area is 199 Å². The Morgan fingerprint density at radius 3 is 1.71 bits per heavy atom. The Morgan fingerprint density at radius 1 is 0.676 bits per heavy atom. The molecule has 0 spiro atoms. The van der Waals surface area contributed by atoms with Crippen LogP contribution in [0.25, 0.3) is 0 Å². The molecule has 34 heavy (non-hydrogen) atoms. The number of rotatable bonds is 9. The van der Waals surface area contributed by atoms with E-state index in [1.54, 1.807) is 12.1 Å². The monoisotopic (exact) mass is 471 g/mol. The first-order chi connectivity index (χ1) is 16.6. The van der Waals surface area contributed by atoms with Gasteiger partial charge in [-0.25, -0.2) is 4.79 Å². The number of amides is 1. The molecule has 0 aromatic heterocycles. The highest BCUT2D eigenvalue weighted by Gasteiger charge is 2.39. The van der Waals surface area contributed by atoms with Crippen molar-refractivity contribution in [3.05, 3.63) is 138 Å². The molecule has 1 amide bonds. The molecule has 0 radical (unpaired) electrons. The molecular weight excluding hydrogens is 445 g/mol. The first-order valence-corrected chi connectivity index (χ1v) is 12.7. The first-order valence-electron chi connectivity index (χ1n) is 11.0. The van der Waals surface area contributed by atoms with E-state index in [2.05, 4.69) is 5.32 Å². The predicted molar refractivity (Wildman–Crippen MR) is 134 cm³/mol. The fraction of sp³-hybridized carbons (Fsp3) is 0.107. The second-order valence-corrected chi connectivity index (χ2v) is 10.2. The molecule has 4 aromatic rings. The molecule has 6 heteroatoms. The highest BCUT2D eigenvalue weighted by molar-refractivity contribution is 7.67. The molecule has 5 nitrogen and oxygen atoms in total. The number of hydrogen-bond acceptors (Lipinski definition) is 4. The van der Waals surface area contributed by atoms with Crippen LogP contribution >= 0.6 is 7.37 Å². The number of benzene rings is 4. The van der Waals surface area contributed by atoms with E-state index in [1.807, 2.05) is 109 Å². The van der Waals surface area contributed by atoms with Gasteiger partial charge in [0.1, 0.15) is 12.4 Å². The molecule has 0 heterocycles. The lowest BCUT2D eigenvalue weighted by Gasteiger charge is -2.29. The third-order valence-electron chi connectivity index (χ3n) is 5.30. The average Bonchev–Trinajstić information content (AvgIpc) is 2.91. The van der Waals surface area contributed by atoms with E-state index < -0.39 is 19.2 Å². The highest BCUT2D eigenvalue weighted by Crippen LogP contribution is 2.58. The topological polar surface area (TPSA) is 64.6 Å². The summed E-state index contributed by atoms with van der Waals surface area (Å²) in [5.74, 6) is -0.928. The molecule has 0 aliphatic rings. The van der Waals surface area contributed by atoms with Crippen LogP contribution in [0.15, 0.2) is 121 Å². The normalized spacial score (nSPS) is 13.4. The minimum atomic E-state index is -3.63. The lowest BCUT2D eigenvalue weighted by Crippen LogP contribution is -2.32. The number of alkyl carbamates (subject to hydrolysis) is 1. The van der Waals surface area contributed by atoms with Gasteiger partial charge in [0.05, 0.1) is 6.61 Å². The van der Waals surface area contributed by atoms with Crippen molar-refractivity contribution in [3.8, 4) is 0 Å². The maximum atomic E-state index is 14.6. The molecule has 0 aliphatic carbocycles. The SMILES string of the molecule is O=C(NC(c1ccccc1)P(=O)(OCc1ccccc1)c1ccccc1)OCc1ccccc1. The van der Waals surface area contributed by atoms with Gasteiger partial charge >= 0.3 is 6.09 Å². The van der Waals surface area contributed by atoms with E-state index in [1.165, 1.54) is 0 Å². The lowest BCUT2D eigenvalue weighted by molar-refractivity contribution is 0.137. The van der Waals surface area contributed by atoms with Crippen LogP contribution in [0.3, 0.4) is 0 Å². The quantitative estimate of drug-likeness (QED) is 0.286. The van der Waals surface area contributed by atoms with E-state index >= 15 is 0 Å². The summed E-state index contributed by atoms with van der Waals surface area (Å²) in [5.41, 5.74) is 2.41. The summed E-state index contributed by atoms with van der Waals surface area (Å²) in [6.45, 7) is 0.242. The van der Waals surface area contributed by atoms with Crippen molar-refractivity contribution >= 4 is 18.8 Å². The summed E-state index contributed by atoms with van der Waals surface area (Å²) < 4.78 is 26.2. The minimum absolute atomic E-state index is 0.106. The van der Waals surface area contributed by atoms with Crippen molar-refractivity contribution in [3.63, 3.8) is 0 Å². The van der Waals surface area contributed by atoms with Gasteiger partial charge < -0.3 is 14.6 Å². The lowest BCUT2D eigenvalue weighted by atomic mass is 10.2. The summed E-state index contributed by atoms with van der Waals surface area (Å²) >= 11 is 0. The van der Waals surface area contributed by atoms with Crippen LogP contribution in [-0.4, -0.2) is 6.09 Å². The van der Waals surface area contributed by atoms with E-state index in [4.69, 9.17) is 9.26 Å². The smallest absolute Gasteiger partial charge is 0.408 e.